The number of esters is 1. The number of nitrogens with zero attached hydrogens (tertiary/aromatic N) is 2. The number of methoxy groups -OCH3 is 1. The van der Waals surface area contributed by atoms with Crippen molar-refractivity contribution in [2.75, 3.05) is 14.2 Å². The van der Waals surface area contributed by atoms with Gasteiger partial charge in [-0.3, -0.25) is 4.79 Å². The first-order chi connectivity index (χ1) is 10.1. The van der Waals surface area contributed by atoms with Crippen molar-refractivity contribution >= 4 is 5.97 Å². The lowest BCUT2D eigenvalue weighted by atomic mass is 9.98. The molecule has 1 aromatic heterocycles. The third-order valence-electron chi connectivity index (χ3n) is 3.79. The number of likely N-dealkylation sites (N-methyl/N-ethyl adjacent to an activating group) is 1. The summed E-state index contributed by atoms with van der Waals surface area (Å²) < 4.78 is 6.91. The summed E-state index contributed by atoms with van der Waals surface area (Å²) in [5.41, 5.74) is 0.360. The van der Waals surface area contributed by atoms with Gasteiger partial charge in [-0.25, -0.2) is 4.98 Å². The van der Waals surface area contributed by atoms with E-state index in [1.54, 1.807) is 13.2 Å². The summed E-state index contributed by atoms with van der Waals surface area (Å²) in [5.74, 6) is 0.644. The van der Waals surface area contributed by atoms with Crippen LogP contribution in [0.1, 0.15) is 13.3 Å². The maximum absolute atomic E-state index is 11.9. The van der Waals surface area contributed by atoms with Crippen molar-refractivity contribution in [1.82, 2.24) is 14.9 Å². The van der Waals surface area contributed by atoms with Gasteiger partial charge in [0.05, 0.1) is 7.11 Å². The fourth-order valence-corrected chi connectivity index (χ4v) is 2.24. The van der Waals surface area contributed by atoms with Crippen LogP contribution in [0.4, 0.5) is 0 Å². The van der Waals surface area contributed by atoms with E-state index in [2.05, 4.69) is 10.3 Å². The number of rotatable bonds is 6. The van der Waals surface area contributed by atoms with E-state index in [0.29, 0.717) is 13.0 Å². The highest BCUT2D eigenvalue weighted by molar-refractivity contribution is 5.80. The fraction of sp³-hybridized carbons (Fsp3) is 0.375. The van der Waals surface area contributed by atoms with E-state index in [0.717, 1.165) is 11.4 Å². The molecule has 21 heavy (non-hydrogen) atoms. The van der Waals surface area contributed by atoms with Gasteiger partial charge >= 0.3 is 5.97 Å². The Balaban J connectivity index is 2.15. The smallest absolute Gasteiger partial charge is 0.325 e. The first-order valence-electron chi connectivity index (χ1n) is 6.94. The molecule has 0 fully saturated rings. The summed E-state index contributed by atoms with van der Waals surface area (Å²) in [6.45, 7) is 2.52. The Hall–Kier alpha value is -2.14. The lowest BCUT2D eigenvalue weighted by Gasteiger charge is -2.26. The molecule has 5 heteroatoms. The Morgan fingerprint density at radius 3 is 2.71 bits per heavy atom. The first kappa shape index (κ1) is 15.3. The molecule has 1 N–H and O–H groups in total. The second-order valence-electron chi connectivity index (χ2n) is 5.13. The molecule has 112 valence electrons. The summed E-state index contributed by atoms with van der Waals surface area (Å²) >= 11 is 0. The van der Waals surface area contributed by atoms with Gasteiger partial charge in [-0.05, 0) is 20.4 Å². The topological polar surface area (TPSA) is 56.2 Å². The van der Waals surface area contributed by atoms with E-state index in [4.69, 9.17) is 4.74 Å². The summed E-state index contributed by atoms with van der Waals surface area (Å²) in [5, 5.41) is 3.04. The number of hydrogen-bond acceptors (Lipinski definition) is 4. The molecule has 0 spiro atoms. The molecular weight excluding hydrogens is 266 g/mol. The Morgan fingerprint density at radius 2 is 2.10 bits per heavy atom. The van der Waals surface area contributed by atoms with Gasteiger partial charge in [0.15, 0.2) is 0 Å². The third kappa shape index (κ3) is 3.31. The average molecular weight is 287 g/mol. The molecule has 2 aromatic rings. The number of carbonyl (C=O) groups excluding carboxylic acids is 1. The van der Waals surface area contributed by atoms with Crippen molar-refractivity contribution in [3.05, 3.63) is 42.7 Å². The van der Waals surface area contributed by atoms with E-state index in [-0.39, 0.29) is 5.97 Å². The number of aryl methyl sites for hydroxylation is 1. The van der Waals surface area contributed by atoms with Gasteiger partial charge in [-0.15, -0.1) is 0 Å². The molecule has 5 nitrogen and oxygen atoms in total. The molecule has 0 bridgehead atoms. The van der Waals surface area contributed by atoms with Crippen LogP contribution in [0.2, 0.25) is 0 Å². The average Bonchev–Trinajstić information content (AvgIpc) is 3.01. The molecular formula is C16H21N3O2. The summed E-state index contributed by atoms with van der Waals surface area (Å²) in [4.78, 5) is 16.3. The largest absolute Gasteiger partial charge is 0.468 e. The van der Waals surface area contributed by atoms with Crippen molar-refractivity contribution in [2.24, 2.45) is 0 Å². The van der Waals surface area contributed by atoms with Crippen molar-refractivity contribution < 1.29 is 9.53 Å². The van der Waals surface area contributed by atoms with Crippen LogP contribution in [0.15, 0.2) is 42.7 Å². The predicted octanol–water partition coefficient (Wildman–Crippen LogP) is 2.09. The third-order valence-corrected chi connectivity index (χ3v) is 3.79. The predicted molar refractivity (Wildman–Crippen MR) is 81.8 cm³/mol. The number of ether oxygens (including phenoxy) is 1. The number of hydrogen-bond donors (Lipinski definition) is 1. The summed E-state index contributed by atoms with van der Waals surface area (Å²) in [6, 6.07) is 10.00. The molecule has 0 amide bonds. The van der Waals surface area contributed by atoms with Gasteiger partial charge in [-0.1, -0.05) is 30.3 Å². The normalized spacial score (nSPS) is 13.7. The number of carbonyl (C=O) groups is 1. The number of nitrogens with one attached hydrogen (secondary N) is 1. The Kier molecular flexibility index (Phi) is 4.75. The number of imidazole rings is 1. The molecule has 0 aliphatic heterocycles. The van der Waals surface area contributed by atoms with Crippen molar-refractivity contribution in [3.63, 3.8) is 0 Å². The lowest BCUT2D eigenvalue weighted by molar-refractivity contribution is -0.148. The molecule has 0 radical (unpaired) electrons. The van der Waals surface area contributed by atoms with E-state index < -0.39 is 5.54 Å². The van der Waals surface area contributed by atoms with Crippen LogP contribution in [-0.4, -0.2) is 35.2 Å². The zero-order chi connectivity index (χ0) is 15.3. The quantitative estimate of drug-likeness (QED) is 0.827. The molecule has 0 aliphatic carbocycles. The minimum Gasteiger partial charge on any atom is -0.468 e. The highest BCUT2D eigenvalue weighted by Gasteiger charge is 2.32. The van der Waals surface area contributed by atoms with Gasteiger partial charge in [-0.2, -0.15) is 0 Å². The maximum atomic E-state index is 11.9. The highest BCUT2D eigenvalue weighted by atomic mass is 16.5. The van der Waals surface area contributed by atoms with Crippen molar-refractivity contribution in [3.8, 4) is 11.4 Å². The van der Waals surface area contributed by atoms with Crippen LogP contribution in [0.5, 0.6) is 0 Å². The zero-order valence-corrected chi connectivity index (χ0v) is 12.7. The molecule has 0 saturated carbocycles. The van der Waals surface area contributed by atoms with E-state index in [1.165, 1.54) is 7.11 Å². The van der Waals surface area contributed by atoms with Gasteiger partial charge in [0.2, 0.25) is 0 Å². The Bertz CT molecular complexity index is 595. The minimum absolute atomic E-state index is 0.258. The first-order valence-corrected chi connectivity index (χ1v) is 6.94. The van der Waals surface area contributed by atoms with Gasteiger partial charge in [0, 0.05) is 24.5 Å². The Labute approximate surface area is 125 Å². The van der Waals surface area contributed by atoms with Crippen LogP contribution in [0.3, 0.4) is 0 Å². The molecule has 1 aromatic carbocycles. The van der Waals surface area contributed by atoms with Crippen LogP contribution < -0.4 is 5.32 Å². The van der Waals surface area contributed by atoms with E-state index in [9.17, 15) is 4.79 Å². The zero-order valence-electron chi connectivity index (χ0n) is 12.7. The Morgan fingerprint density at radius 1 is 1.38 bits per heavy atom. The maximum Gasteiger partial charge on any atom is 0.325 e. The highest BCUT2D eigenvalue weighted by Crippen LogP contribution is 2.19. The molecule has 0 aliphatic rings. The molecule has 1 atom stereocenters. The molecule has 2 rings (SSSR count). The van der Waals surface area contributed by atoms with Crippen LogP contribution in [-0.2, 0) is 16.1 Å². The van der Waals surface area contributed by atoms with E-state index >= 15 is 0 Å². The second kappa shape index (κ2) is 6.54. The SMILES string of the molecule is CNC(C)(CCn1ccnc1-c1ccccc1)C(=O)OC. The van der Waals surface area contributed by atoms with E-state index in [1.807, 2.05) is 48.0 Å². The lowest BCUT2D eigenvalue weighted by Crippen LogP contribution is -2.48. The van der Waals surface area contributed by atoms with Crippen molar-refractivity contribution in [1.29, 1.82) is 0 Å². The van der Waals surface area contributed by atoms with Gasteiger partial charge in [0.1, 0.15) is 11.4 Å². The van der Waals surface area contributed by atoms with Crippen LogP contribution in [0.25, 0.3) is 11.4 Å². The second-order valence-corrected chi connectivity index (χ2v) is 5.13. The standard InChI is InChI=1S/C16H21N3O2/c1-16(17-2,15(20)21-3)9-11-19-12-10-18-14(19)13-7-5-4-6-8-13/h4-8,10,12,17H,9,11H2,1-3H3. The number of aromatic nitrogens is 2. The molecule has 0 saturated heterocycles. The molecule has 1 unspecified atom stereocenters. The summed E-state index contributed by atoms with van der Waals surface area (Å²) in [6.07, 6.45) is 4.32. The monoisotopic (exact) mass is 287 g/mol. The fourth-order valence-electron chi connectivity index (χ4n) is 2.24. The minimum atomic E-state index is -0.701. The van der Waals surface area contributed by atoms with Crippen molar-refractivity contribution in [2.45, 2.75) is 25.4 Å². The molecule has 1 heterocycles. The van der Waals surface area contributed by atoms with Gasteiger partial charge < -0.3 is 14.6 Å². The van der Waals surface area contributed by atoms with Crippen LogP contribution >= 0.6 is 0 Å². The van der Waals surface area contributed by atoms with Crippen LogP contribution in [0, 0.1) is 0 Å². The number of benzene rings is 1. The van der Waals surface area contributed by atoms with Gasteiger partial charge in [0.25, 0.3) is 0 Å². The summed E-state index contributed by atoms with van der Waals surface area (Å²) in [7, 11) is 3.17.